The van der Waals surface area contributed by atoms with E-state index in [-0.39, 0.29) is 0 Å². The quantitative estimate of drug-likeness (QED) is 0.734. The Hall–Kier alpha value is -2.24. The number of imidazole rings is 1. The molecule has 0 saturated heterocycles. The van der Waals surface area contributed by atoms with Crippen LogP contribution in [0.4, 0.5) is 10.5 Å². The topological polar surface area (TPSA) is 79.2 Å². The van der Waals surface area contributed by atoms with E-state index in [4.69, 9.17) is 10.5 Å². The number of aryl methyl sites for hydroxylation is 1. The lowest BCUT2D eigenvalue weighted by atomic mass is 10.2. The minimum absolute atomic E-state index is 0.446. The standard InChI is InChI=1S/C13H17N3O3/c1-13(2,3)19-12(18)16-10-7-8(14)5-6-9(10)15(4)11(16)17/h5-7H,14H2,1-4H3. The Bertz CT molecular complexity index is 704. The van der Waals surface area contributed by atoms with Gasteiger partial charge in [0.25, 0.3) is 0 Å². The summed E-state index contributed by atoms with van der Waals surface area (Å²) in [6, 6.07) is 4.97. The Labute approximate surface area is 110 Å². The molecule has 2 aromatic rings. The third-order valence-electron chi connectivity index (χ3n) is 2.66. The van der Waals surface area contributed by atoms with Gasteiger partial charge in [0.15, 0.2) is 0 Å². The summed E-state index contributed by atoms with van der Waals surface area (Å²) in [7, 11) is 1.60. The Morgan fingerprint density at radius 1 is 1.26 bits per heavy atom. The normalized spacial score (nSPS) is 11.8. The average Bonchev–Trinajstić information content (AvgIpc) is 2.48. The molecule has 0 atom stereocenters. The Balaban J connectivity index is 2.66. The predicted octanol–water partition coefficient (Wildman–Crippen LogP) is 1.71. The Kier molecular flexibility index (Phi) is 2.88. The second-order valence-electron chi connectivity index (χ2n) is 5.41. The van der Waals surface area contributed by atoms with Crippen molar-refractivity contribution < 1.29 is 9.53 Å². The molecular weight excluding hydrogens is 246 g/mol. The summed E-state index contributed by atoms with van der Waals surface area (Å²) < 4.78 is 7.62. The first-order valence-electron chi connectivity index (χ1n) is 5.91. The fraction of sp³-hybridized carbons (Fsp3) is 0.385. The predicted molar refractivity (Wildman–Crippen MR) is 73.2 cm³/mol. The number of ether oxygens (including phenoxy) is 1. The highest BCUT2D eigenvalue weighted by Crippen LogP contribution is 2.17. The van der Waals surface area contributed by atoms with Crippen LogP contribution in [-0.4, -0.2) is 20.8 Å². The summed E-state index contributed by atoms with van der Waals surface area (Å²) >= 11 is 0. The number of nitrogens with two attached hydrogens (primary N) is 1. The van der Waals surface area contributed by atoms with Crippen molar-refractivity contribution in [2.45, 2.75) is 26.4 Å². The number of nitrogens with zero attached hydrogens (tertiary/aromatic N) is 2. The van der Waals surface area contributed by atoms with Crippen LogP contribution in [0.3, 0.4) is 0 Å². The van der Waals surface area contributed by atoms with Crippen LogP contribution in [0.25, 0.3) is 11.0 Å². The lowest BCUT2D eigenvalue weighted by Gasteiger charge is -2.19. The van der Waals surface area contributed by atoms with Crippen molar-refractivity contribution in [2.75, 3.05) is 5.73 Å². The molecule has 0 saturated carbocycles. The van der Waals surface area contributed by atoms with Gasteiger partial charge in [0.2, 0.25) is 0 Å². The number of anilines is 1. The average molecular weight is 263 g/mol. The molecule has 6 nitrogen and oxygen atoms in total. The molecule has 6 heteroatoms. The van der Waals surface area contributed by atoms with Gasteiger partial charge in [-0.2, -0.15) is 4.57 Å². The van der Waals surface area contributed by atoms with Gasteiger partial charge >= 0.3 is 11.8 Å². The van der Waals surface area contributed by atoms with E-state index in [0.29, 0.717) is 16.7 Å². The van der Waals surface area contributed by atoms with Crippen LogP contribution >= 0.6 is 0 Å². The maximum absolute atomic E-state index is 12.1. The summed E-state index contributed by atoms with van der Waals surface area (Å²) in [5.41, 5.74) is 6.14. The first-order chi connectivity index (χ1) is 8.70. The number of carbonyl (C=O) groups is 1. The van der Waals surface area contributed by atoms with Crippen LogP contribution < -0.4 is 11.4 Å². The van der Waals surface area contributed by atoms with E-state index in [1.165, 1.54) is 4.57 Å². The van der Waals surface area contributed by atoms with Gasteiger partial charge in [0.05, 0.1) is 11.0 Å². The van der Waals surface area contributed by atoms with Crippen LogP contribution in [0.5, 0.6) is 0 Å². The molecule has 0 fully saturated rings. The number of nitrogen functional groups attached to an aromatic ring is 1. The molecule has 0 radical (unpaired) electrons. The molecule has 2 rings (SSSR count). The van der Waals surface area contributed by atoms with Gasteiger partial charge < -0.3 is 10.5 Å². The molecule has 0 bridgehead atoms. The monoisotopic (exact) mass is 263 g/mol. The van der Waals surface area contributed by atoms with Crippen molar-refractivity contribution in [1.82, 2.24) is 9.13 Å². The molecular formula is C13H17N3O3. The molecule has 0 unspecified atom stereocenters. The molecule has 102 valence electrons. The molecule has 0 amide bonds. The maximum atomic E-state index is 12.1. The molecule has 0 aliphatic carbocycles. The SMILES string of the molecule is Cn1c(=O)n(C(=O)OC(C)(C)C)c2cc(N)ccc21. The summed E-state index contributed by atoms with van der Waals surface area (Å²) in [6.45, 7) is 5.24. The van der Waals surface area contributed by atoms with Crippen molar-refractivity contribution >= 4 is 22.8 Å². The van der Waals surface area contributed by atoms with Gasteiger partial charge in [0, 0.05) is 12.7 Å². The molecule has 1 aromatic carbocycles. The fourth-order valence-electron chi connectivity index (χ4n) is 1.84. The fourth-order valence-corrected chi connectivity index (χ4v) is 1.84. The van der Waals surface area contributed by atoms with Crippen molar-refractivity contribution in [3.63, 3.8) is 0 Å². The third-order valence-corrected chi connectivity index (χ3v) is 2.66. The van der Waals surface area contributed by atoms with Gasteiger partial charge in [-0.3, -0.25) is 4.57 Å². The van der Waals surface area contributed by atoms with Crippen molar-refractivity contribution in [2.24, 2.45) is 7.05 Å². The molecule has 19 heavy (non-hydrogen) atoms. The number of carbonyl (C=O) groups excluding carboxylic acids is 1. The van der Waals surface area contributed by atoms with E-state index in [0.717, 1.165) is 4.57 Å². The second-order valence-corrected chi connectivity index (χ2v) is 5.41. The van der Waals surface area contributed by atoms with Gasteiger partial charge in [0.1, 0.15) is 5.60 Å². The summed E-state index contributed by atoms with van der Waals surface area (Å²) in [5.74, 6) is 0. The molecule has 0 aliphatic rings. The van der Waals surface area contributed by atoms with E-state index in [2.05, 4.69) is 0 Å². The van der Waals surface area contributed by atoms with E-state index in [1.54, 1.807) is 46.0 Å². The Morgan fingerprint density at radius 2 is 1.89 bits per heavy atom. The van der Waals surface area contributed by atoms with Gasteiger partial charge in [-0.05, 0) is 39.0 Å². The highest BCUT2D eigenvalue weighted by Gasteiger charge is 2.23. The lowest BCUT2D eigenvalue weighted by molar-refractivity contribution is 0.0537. The summed E-state index contributed by atoms with van der Waals surface area (Å²) in [4.78, 5) is 24.2. The van der Waals surface area contributed by atoms with Crippen LogP contribution in [-0.2, 0) is 11.8 Å². The van der Waals surface area contributed by atoms with Gasteiger partial charge in [-0.15, -0.1) is 0 Å². The maximum Gasteiger partial charge on any atom is 0.423 e. The number of fused-ring (bicyclic) bond motifs is 1. The minimum Gasteiger partial charge on any atom is -0.443 e. The number of hydrogen-bond acceptors (Lipinski definition) is 4. The molecule has 1 heterocycles. The van der Waals surface area contributed by atoms with E-state index < -0.39 is 17.4 Å². The lowest BCUT2D eigenvalue weighted by Crippen LogP contribution is -2.33. The minimum atomic E-state index is -0.700. The molecule has 0 spiro atoms. The third kappa shape index (κ3) is 2.33. The van der Waals surface area contributed by atoms with Crippen molar-refractivity contribution in [3.8, 4) is 0 Å². The zero-order chi connectivity index (χ0) is 14.4. The summed E-state index contributed by atoms with van der Waals surface area (Å²) in [6.07, 6.45) is -0.700. The zero-order valence-electron chi connectivity index (χ0n) is 11.4. The van der Waals surface area contributed by atoms with E-state index in [9.17, 15) is 9.59 Å². The number of hydrogen-bond donors (Lipinski definition) is 1. The molecule has 0 aliphatic heterocycles. The number of aromatic nitrogens is 2. The van der Waals surface area contributed by atoms with Crippen LogP contribution in [0.2, 0.25) is 0 Å². The van der Waals surface area contributed by atoms with Crippen LogP contribution in [0.1, 0.15) is 20.8 Å². The van der Waals surface area contributed by atoms with Crippen LogP contribution in [0.15, 0.2) is 23.0 Å². The van der Waals surface area contributed by atoms with Gasteiger partial charge in [-0.1, -0.05) is 0 Å². The second kappa shape index (κ2) is 4.15. The van der Waals surface area contributed by atoms with Crippen LogP contribution in [0, 0.1) is 0 Å². The Morgan fingerprint density at radius 3 is 2.47 bits per heavy atom. The first kappa shape index (κ1) is 13.2. The number of benzene rings is 1. The zero-order valence-corrected chi connectivity index (χ0v) is 11.4. The van der Waals surface area contributed by atoms with E-state index >= 15 is 0 Å². The highest BCUT2D eigenvalue weighted by molar-refractivity contribution is 5.88. The summed E-state index contributed by atoms with van der Waals surface area (Å²) in [5, 5.41) is 0. The van der Waals surface area contributed by atoms with Crippen molar-refractivity contribution in [1.29, 1.82) is 0 Å². The molecule has 1 aromatic heterocycles. The first-order valence-corrected chi connectivity index (χ1v) is 5.91. The smallest absolute Gasteiger partial charge is 0.423 e. The largest absolute Gasteiger partial charge is 0.443 e. The molecule has 2 N–H and O–H groups in total. The van der Waals surface area contributed by atoms with Crippen molar-refractivity contribution in [3.05, 3.63) is 28.7 Å². The highest BCUT2D eigenvalue weighted by atomic mass is 16.6. The van der Waals surface area contributed by atoms with E-state index in [1.807, 2.05) is 0 Å². The van der Waals surface area contributed by atoms with Gasteiger partial charge in [-0.25, -0.2) is 9.59 Å². The number of rotatable bonds is 0.